The monoisotopic (exact) mass is 304 g/mol. The molecule has 1 aromatic carbocycles. The molecular weight excluding hydrogens is 292 g/mol. The van der Waals surface area contributed by atoms with Crippen LogP contribution in [0.5, 0.6) is 0 Å². The highest BCUT2D eigenvalue weighted by atomic mass is 32.1. The van der Waals surface area contributed by atoms with Crippen LogP contribution in [0.15, 0.2) is 30.5 Å². The summed E-state index contributed by atoms with van der Waals surface area (Å²) in [6.45, 7) is 2.41. The number of aromatic nitrogens is 2. The normalized spacial score (nSPS) is 10.7. The van der Waals surface area contributed by atoms with Crippen LogP contribution < -0.4 is 10.6 Å². The van der Waals surface area contributed by atoms with Gasteiger partial charge in [0, 0.05) is 11.1 Å². The molecule has 0 saturated heterocycles. The third kappa shape index (κ3) is 2.94. The number of benzene rings is 1. The fourth-order valence-electron chi connectivity index (χ4n) is 1.72. The van der Waals surface area contributed by atoms with Gasteiger partial charge in [-0.3, -0.25) is 5.32 Å². The third-order valence-corrected chi connectivity index (χ3v) is 4.47. The molecule has 2 N–H and O–H groups in total. The van der Waals surface area contributed by atoms with E-state index in [2.05, 4.69) is 20.6 Å². The molecule has 5 nitrogen and oxygen atoms in total. The van der Waals surface area contributed by atoms with Gasteiger partial charge in [0.05, 0.1) is 21.8 Å². The Bertz CT molecular complexity index is 717. The van der Waals surface area contributed by atoms with Crippen LogP contribution in [0.4, 0.5) is 9.93 Å². The lowest BCUT2D eigenvalue weighted by molar-refractivity contribution is 0.252. The molecule has 0 aliphatic carbocycles. The number of thiazole rings is 2. The number of anilines is 1. The first-order valence-corrected chi connectivity index (χ1v) is 7.66. The number of fused-ring (bicyclic) bond motifs is 1. The lowest BCUT2D eigenvalue weighted by atomic mass is 10.3. The number of urea groups is 1. The van der Waals surface area contributed by atoms with Crippen molar-refractivity contribution in [3.05, 3.63) is 40.3 Å². The number of hydrogen-bond donors (Lipinski definition) is 2. The fraction of sp³-hybridized carbons (Fsp3) is 0.154. The van der Waals surface area contributed by atoms with Crippen molar-refractivity contribution in [2.45, 2.75) is 13.5 Å². The highest BCUT2D eigenvalue weighted by Gasteiger charge is 2.07. The molecule has 3 aromatic rings. The Morgan fingerprint density at radius 3 is 2.90 bits per heavy atom. The number of carbonyl (C=O) groups excluding carboxylic acids is 1. The van der Waals surface area contributed by atoms with E-state index in [1.807, 2.05) is 31.2 Å². The van der Waals surface area contributed by atoms with E-state index in [-0.39, 0.29) is 6.03 Å². The van der Waals surface area contributed by atoms with Crippen molar-refractivity contribution in [2.75, 3.05) is 5.32 Å². The molecule has 2 aromatic heterocycles. The minimum absolute atomic E-state index is 0.255. The first-order valence-electron chi connectivity index (χ1n) is 6.02. The van der Waals surface area contributed by atoms with Gasteiger partial charge in [0.15, 0.2) is 5.13 Å². The topological polar surface area (TPSA) is 66.9 Å². The van der Waals surface area contributed by atoms with Gasteiger partial charge in [-0.15, -0.1) is 11.3 Å². The van der Waals surface area contributed by atoms with Crippen LogP contribution in [0, 0.1) is 6.92 Å². The predicted octanol–water partition coefficient (Wildman–Crippen LogP) is 3.38. The van der Waals surface area contributed by atoms with Crippen molar-refractivity contribution in [1.82, 2.24) is 15.3 Å². The quantitative estimate of drug-likeness (QED) is 0.779. The lowest BCUT2D eigenvalue weighted by Crippen LogP contribution is -2.27. The van der Waals surface area contributed by atoms with Crippen molar-refractivity contribution < 1.29 is 4.79 Å². The molecule has 0 spiro atoms. The van der Waals surface area contributed by atoms with E-state index < -0.39 is 0 Å². The molecule has 20 heavy (non-hydrogen) atoms. The second-order valence-electron chi connectivity index (χ2n) is 4.14. The summed E-state index contributed by atoms with van der Waals surface area (Å²) >= 11 is 3.03. The lowest BCUT2D eigenvalue weighted by Gasteiger charge is -2.02. The number of amides is 2. The standard InChI is InChI=1S/C13H12N4OS2/c1-8-14-6-9(19-8)7-15-12(18)17-13-16-10-4-2-3-5-11(10)20-13/h2-6H,7H2,1H3,(H2,15,16,17,18). The van der Waals surface area contributed by atoms with Crippen molar-refractivity contribution in [3.63, 3.8) is 0 Å². The Labute approximate surface area is 123 Å². The van der Waals surface area contributed by atoms with Gasteiger partial charge < -0.3 is 5.32 Å². The second-order valence-corrected chi connectivity index (χ2v) is 6.49. The highest BCUT2D eigenvalue weighted by molar-refractivity contribution is 7.22. The van der Waals surface area contributed by atoms with E-state index in [4.69, 9.17) is 0 Å². The maximum Gasteiger partial charge on any atom is 0.321 e. The zero-order chi connectivity index (χ0) is 13.9. The molecule has 0 aliphatic rings. The predicted molar refractivity (Wildman–Crippen MR) is 82.3 cm³/mol. The summed E-state index contributed by atoms with van der Waals surface area (Å²) < 4.78 is 1.06. The summed E-state index contributed by atoms with van der Waals surface area (Å²) in [5, 5.41) is 7.14. The smallest absolute Gasteiger partial charge is 0.321 e. The van der Waals surface area contributed by atoms with Gasteiger partial charge in [0.25, 0.3) is 0 Å². The second kappa shape index (κ2) is 5.56. The van der Waals surface area contributed by atoms with Crippen molar-refractivity contribution in [3.8, 4) is 0 Å². The summed E-state index contributed by atoms with van der Waals surface area (Å²) in [7, 11) is 0. The molecule has 2 amide bonds. The maximum atomic E-state index is 11.8. The van der Waals surface area contributed by atoms with E-state index in [1.165, 1.54) is 11.3 Å². The molecule has 3 rings (SSSR count). The van der Waals surface area contributed by atoms with Crippen LogP contribution in [-0.4, -0.2) is 16.0 Å². The summed E-state index contributed by atoms with van der Waals surface area (Å²) in [5.74, 6) is 0. The molecule has 0 saturated carbocycles. The van der Waals surface area contributed by atoms with Gasteiger partial charge in [-0.25, -0.2) is 14.8 Å². The van der Waals surface area contributed by atoms with Gasteiger partial charge in [-0.1, -0.05) is 23.5 Å². The van der Waals surface area contributed by atoms with Crippen LogP contribution in [-0.2, 0) is 6.54 Å². The number of carbonyl (C=O) groups is 1. The van der Waals surface area contributed by atoms with Crippen molar-refractivity contribution in [1.29, 1.82) is 0 Å². The van der Waals surface area contributed by atoms with E-state index >= 15 is 0 Å². The number of aryl methyl sites for hydroxylation is 1. The third-order valence-electron chi connectivity index (χ3n) is 2.61. The van der Waals surface area contributed by atoms with Gasteiger partial charge >= 0.3 is 6.03 Å². The minimum Gasteiger partial charge on any atom is -0.333 e. The number of hydrogen-bond acceptors (Lipinski definition) is 5. The molecule has 0 bridgehead atoms. The summed E-state index contributed by atoms with van der Waals surface area (Å²) in [6, 6.07) is 7.54. The highest BCUT2D eigenvalue weighted by Crippen LogP contribution is 2.25. The minimum atomic E-state index is -0.255. The fourth-order valence-corrected chi connectivity index (χ4v) is 3.32. The van der Waals surface area contributed by atoms with Crippen molar-refractivity contribution >= 4 is 44.1 Å². The Morgan fingerprint density at radius 1 is 1.30 bits per heavy atom. The number of nitrogens with one attached hydrogen (secondary N) is 2. The SMILES string of the molecule is Cc1ncc(CNC(=O)Nc2nc3ccccc3s2)s1. The average molecular weight is 304 g/mol. The number of nitrogens with zero attached hydrogens (tertiary/aromatic N) is 2. The summed E-state index contributed by atoms with van der Waals surface area (Å²) in [4.78, 5) is 21.3. The van der Waals surface area contributed by atoms with E-state index in [0.717, 1.165) is 20.1 Å². The Balaban J connectivity index is 1.60. The largest absolute Gasteiger partial charge is 0.333 e. The maximum absolute atomic E-state index is 11.8. The molecule has 102 valence electrons. The molecule has 0 aliphatic heterocycles. The molecule has 0 unspecified atom stereocenters. The van der Waals surface area contributed by atoms with Crippen LogP contribution in [0.3, 0.4) is 0 Å². The van der Waals surface area contributed by atoms with Crippen LogP contribution >= 0.6 is 22.7 Å². The van der Waals surface area contributed by atoms with Crippen molar-refractivity contribution in [2.24, 2.45) is 0 Å². The zero-order valence-electron chi connectivity index (χ0n) is 10.7. The van der Waals surface area contributed by atoms with Gasteiger partial charge in [-0.2, -0.15) is 0 Å². The molecule has 0 atom stereocenters. The first kappa shape index (κ1) is 13.0. The van der Waals surface area contributed by atoms with Crippen LogP contribution in [0.1, 0.15) is 9.88 Å². The molecule has 0 fully saturated rings. The molecule has 2 heterocycles. The molecular formula is C13H12N4OS2. The summed E-state index contributed by atoms with van der Waals surface area (Å²) in [5.41, 5.74) is 0.894. The Kier molecular flexibility index (Phi) is 3.62. The van der Waals surface area contributed by atoms with Crippen LogP contribution in [0.2, 0.25) is 0 Å². The average Bonchev–Trinajstić information content (AvgIpc) is 3.01. The molecule has 0 radical (unpaired) electrons. The van der Waals surface area contributed by atoms with E-state index in [0.29, 0.717) is 11.7 Å². The van der Waals surface area contributed by atoms with Gasteiger partial charge in [-0.05, 0) is 19.1 Å². The Hall–Kier alpha value is -1.99. The summed E-state index contributed by atoms with van der Waals surface area (Å²) in [6.07, 6.45) is 1.78. The first-order chi connectivity index (χ1) is 9.70. The zero-order valence-corrected chi connectivity index (χ0v) is 12.3. The van der Waals surface area contributed by atoms with Gasteiger partial charge in [0.2, 0.25) is 0 Å². The van der Waals surface area contributed by atoms with Crippen LogP contribution in [0.25, 0.3) is 10.2 Å². The van der Waals surface area contributed by atoms with E-state index in [1.54, 1.807) is 17.5 Å². The molecule has 7 heteroatoms. The number of rotatable bonds is 3. The van der Waals surface area contributed by atoms with Gasteiger partial charge in [0.1, 0.15) is 0 Å². The van der Waals surface area contributed by atoms with E-state index in [9.17, 15) is 4.79 Å². The Morgan fingerprint density at radius 2 is 2.15 bits per heavy atom. The number of para-hydroxylation sites is 1.